The number of aliphatic hydroxyl groups excluding tert-OH is 4. The quantitative estimate of drug-likeness (QED) is 0.543. The van der Waals surface area contributed by atoms with Crippen molar-refractivity contribution in [3.63, 3.8) is 0 Å². The Bertz CT molecular complexity index is 578. The van der Waals surface area contributed by atoms with Crippen LogP contribution >= 0.6 is 0 Å². The Kier molecular flexibility index (Phi) is 4.00. The summed E-state index contributed by atoms with van der Waals surface area (Å²) in [4.78, 5) is 6.33. The molecule has 0 bridgehead atoms. The van der Waals surface area contributed by atoms with Crippen LogP contribution in [0.2, 0.25) is 0 Å². The van der Waals surface area contributed by atoms with Crippen LogP contribution in [0.3, 0.4) is 0 Å². The third-order valence-corrected chi connectivity index (χ3v) is 2.99. The van der Waals surface area contributed by atoms with Gasteiger partial charge in [0, 0.05) is 12.1 Å². The summed E-state index contributed by atoms with van der Waals surface area (Å²) < 4.78 is 26.1. The molecule has 0 radical (unpaired) electrons. The zero-order chi connectivity index (χ0) is 15.0. The Hall–Kier alpha value is -1.61. The molecule has 2 aromatic rings. The van der Waals surface area contributed by atoms with Crippen LogP contribution in [-0.4, -0.2) is 48.7 Å². The van der Waals surface area contributed by atoms with E-state index in [0.717, 1.165) is 12.1 Å². The maximum Gasteiger partial charge on any atom is 0.161 e. The smallest absolute Gasteiger partial charge is 0.161 e. The molecular formula is C12H14F2N2O4. The van der Waals surface area contributed by atoms with Gasteiger partial charge in [-0.05, 0) is 6.92 Å². The number of fused-ring (bicyclic) bond motifs is 1. The van der Waals surface area contributed by atoms with Crippen molar-refractivity contribution < 1.29 is 29.2 Å². The molecule has 0 fully saturated rings. The number of aromatic amines is 1. The number of halogens is 2. The van der Waals surface area contributed by atoms with Gasteiger partial charge in [0.15, 0.2) is 11.6 Å². The SMILES string of the molecule is CC(O)[C@H](O)C(O)[C@H](O)c1nc2cc(F)c(F)cc2[nH]1. The molecule has 0 aliphatic heterocycles. The third-order valence-electron chi connectivity index (χ3n) is 2.99. The van der Waals surface area contributed by atoms with E-state index in [4.69, 9.17) is 5.11 Å². The van der Waals surface area contributed by atoms with Crippen LogP contribution in [0.25, 0.3) is 11.0 Å². The van der Waals surface area contributed by atoms with Gasteiger partial charge in [-0.2, -0.15) is 0 Å². The Morgan fingerprint density at radius 2 is 1.65 bits per heavy atom. The highest BCUT2D eigenvalue weighted by Crippen LogP contribution is 2.22. The fourth-order valence-corrected chi connectivity index (χ4v) is 1.80. The summed E-state index contributed by atoms with van der Waals surface area (Å²) in [6.07, 6.45) is -6.20. The van der Waals surface area contributed by atoms with Gasteiger partial charge < -0.3 is 25.4 Å². The summed E-state index contributed by atoms with van der Waals surface area (Å²) in [7, 11) is 0. The molecule has 0 spiro atoms. The largest absolute Gasteiger partial charge is 0.391 e. The van der Waals surface area contributed by atoms with E-state index in [-0.39, 0.29) is 16.9 Å². The van der Waals surface area contributed by atoms with Gasteiger partial charge in [0.1, 0.15) is 24.1 Å². The molecule has 110 valence electrons. The predicted molar refractivity (Wildman–Crippen MR) is 64.7 cm³/mol. The minimum Gasteiger partial charge on any atom is -0.391 e. The Balaban J connectivity index is 2.33. The summed E-state index contributed by atoms with van der Waals surface area (Å²) in [5, 5.41) is 38.1. The van der Waals surface area contributed by atoms with E-state index in [9.17, 15) is 24.1 Å². The molecule has 0 saturated heterocycles. The van der Waals surface area contributed by atoms with Crippen LogP contribution in [0.15, 0.2) is 12.1 Å². The zero-order valence-corrected chi connectivity index (χ0v) is 10.5. The molecule has 0 aliphatic rings. The average Bonchev–Trinajstić information content (AvgIpc) is 2.79. The minimum atomic E-state index is -1.70. The topological polar surface area (TPSA) is 110 Å². The molecule has 4 atom stereocenters. The van der Waals surface area contributed by atoms with Gasteiger partial charge in [-0.15, -0.1) is 0 Å². The number of hydrogen-bond donors (Lipinski definition) is 5. The number of nitrogens with zero attached hydrogens (tertiary/aromatic N) is 1. The maximum atomic E-state index is 13.0. The normalized spacial score (nSPS) is 17.9. The highest BCUT2D eigenvalue weighted by atomic mass is 19.2. The number of imidazole rings is 1. The van der Waals surface area contributed by atoms with Crippen molar-refractivity contribution in [1.29, 1.82) is 0 Å². The van der Waals surface area contributed by atoms with E-state index in [2.05, 4.69) is 9.97 Å². The van der Waals surface area contributed by atoms with Crippen molar-refractivity contribution >= 4 is 11.0 Å². The molecule has 1 aromatic heterocycles. The van der Waals surface area contributed by atoms with E-state index in [0.29, 0.717) is 0 Å². The monoisotopic (exact) mass is 288 g/mol. The van der Waals surface area contributed by atoms with Gasteiger partial charge in [-0.1, -0.05) is 0 Å². The van der Waals surface area contributed by atoms with Gasteiger partial charge in [-0.3, -0.25) is 0 Å². The third kappa shape index (κ3) is 2.63. The lowest BCUT2D eigenvalue weighted by Gasteiger charge is -2.23. The van der Waals surface area contributed by atoms with Crippen LogP contribution in [0, 0.1) is 11.6 Å². The highest BCUT2D eigenvalue weighted by molar-refractivity contribution is 5.75. The molecule has 20 heavy (non-hydrogen) atoms. The minimum absolute atomic E-state index is 0.0664. The summed E-state index contributed by atoms with van der Waals surface area (Å²) in [6.45, 7) is 1.24. The van der Waals surface area contributed by atoms with Gasteiger partial charge >= 0.3 is 0 Å². The lowest BCUT2D eigenvalue weighted by Crippen LogP contribution is -2.39. The summed E-state index contributed by atoms with van der Waals surface area (Å²) in [6, 6.07) is 1.71. The first-order valence-corrected chi connectivity index (χ1v) is 5.88. The van der Waals surface area contributed by atoms with E-state index in [1.165, 1.54) is 6.92 Å². The first kappa shape index (κ1) is 14.8. The predicted octanol–water partition coefficient (Wildman–Crippen LogP) is -0.0229. The molecule has 0 amide bonds. The molecule has 0 aliphatic carbocycles. The van der Waals surface area contributed by atoms with Crippen LogP contribution < -0.4 is 0 Å². The lowest BCUT2D eigenvalue weighted by molar-refractivity contribution is -0.103. The van der Waals surface area contributed by atoms with Crippen molar-refractivity contribution in [1.82, 2.24) is 9.97 Å². The number of benzene rings is 1. The Morgan fingerprint density at radius 3 is 2.25 bits per heavy atom. The second kappa shape index (κ2) is 5.41. The molecule has 2 unspecified atom stereocenters. The first-order valence-electron chi connectivity index (χ1n) is 5.88. The zero-order valence-electron chi connectivity index (χ0n) is 10.5. The van der Waals surface area contributed by atoms with Gasteiger partial charge in [-0.25, -0.2) is 13.8 Å². The number of rotatable bonds is 4. The number of aliphatic hydroxyl groups is 4. The standard InChI is InChI=1S/C12H14F2N2O4/c1-4(17)9(18)10(19)11(20)12-15-7-2-5(13)6(14)3-8(7)16-12/h2-4,9-11,17-20H,1H3,(H,15,16)/t4?,9-,10?,11-/m0/s1. The number of H-pyrrole nitrogens is 1. The van der Waals surface area contributed by atoms with Crippen molar-refractivity contribution in [3.05, 3.63) is 29.6 Å². The van der Waals surface area contributed by atoms with E-state index >= 15 is 0 Å². The van der Waals surface area contributed by atoms with E-state index in [1.54, 1.807) is 0 Å². The van der Waals surface area contributed by atoms with Crippen LogP contribution in [-0.2, 0) is 0 Å². The first-order chi connectivity index (χ1) is 9.31. The van der Waals surface area contributed by atoms with Crippen LogP contribution in [0.5, 0.6) is 0 Å². The second-order valence-electron chi connectivity index (χ2n) is 4.57. The summed E-state index contributed by atoms with van der Waals surface area (Å²) in [5.41, 5.74) is 0.202. The number of nitrogens with one attached hydrogen (secondary N) is 1. The molecule has 8 heteroatoms. The molecule has 1 heterocycles. The molecule has 6 nitrogen and oxygen atoms in total. The van der Waals surface area contributed by atoms with E-state index in [1.807, 2.05) is 0 Å². The van der Waals surface area contributed by atoms with Crippen molar-refractivity contribution in [2.45, 2.75) is 31.3 Å². The number of hydrogen-bond acceptors (Lipinski definition) is 5. The van der Waals surface area contributed by atoms with Crippen molar-refractivity contribution in [2.24, 2.45) is 0 Å². The Labute approximate surface area is 112 Å². The van der Waals surface area contributed by atoms with Gasteiger partial charge in [0.25, 0.3) is 0 Å². The molecule has 1 aromatic carbocycles. The fraction of sp³-hybridized carbons (Fsp3) is 0.417. The molecule has 2 rings (SSSR count). The van der Waals surface area contributed by atoms with Gasteiger partial charge in [0.05, 0.1) is 17.1 Å². The maximum absolute atomic E-state index is 13.0. The highest BCUT2D eigenvalue weighted by Gasteiger charge is 2.31. The van der Waals surface area contributed by atoms with Crippen LogP contribution in [0.1, 0.15) is 18.9 Å². The molecular weight excluding hydrogens is 274 g/mol. The van der Waals surface area contributed by atoms with Gasteiger partial charge in [0.2, 0.25) is 0 Å². The number of aromatic nitrogens is 2. The van der Waals surface area contributed by atoms with Crippen molar-refractivity contribution in [2.75, 3.05) is 0 Å². The fourth-order valence-electron chi connectivity index (χ4n) is 1.80. The Morgan fingerprint density at radius 1 is 1.05 bits per heavy atom. The van der Waals surface area contributed by atoms with Crippen LogP contribution in [0.4, 0.5) is 8.78 Å². The molecule has 5 N–H and O–H groups in total. The van der Waals surface area contributed by atoms with Crippen molar-refractivity contribution in [3.8, 4) is 0 Å². The summed E-state index contributed by atoms with van der Waals surface area (Å²) in [5.74, 6) is -2.33. The second-order valence-corrected chi connectivity index (χ2v) is 4.57. The van der Waals surface area contributed by atoms with E-state index < -0.39 is 36.1 Å². The average molecular weight is 288 g/mol. The summed E-state index contributed by atoms with van der Waals surface area (Å²) >= 11 is 0. The molecule has 0 saturated carbocycles. The lowest BCUT2D eigenvalue weighted by atomic mass is 10.0.